The summed E-state index contributed by atoms with van der Waals surface area (Å²) in [6.45, 7) is 0.560. The third-order valence-corrected chi connectivity index (χ3v) is 3.47. The zero-order valence-corrected chi connectivity index (χ0v) is 12.7. The molecule has 7 nitrogen and oxygen atoms in total. The number of carbonyl (C=O) groups excluding carboxylic acids is 2. The second kappa shape index (κ2) is 7.44. The lowest BCUT2D eigenvalue weighted by molar-refractivity contribution is -0.113. The molecular formula is C14H17ClN2O5. The van der Waals surface area contributed by atoms with Crippen molar-refractivity contribution in [2.24, 2.45) is 0 Å². The molecule has 0 unspecified atom stereocenters. The summed E-state index contributed by atoms with van der Waals surface area (Å²) >= 11 is 5.49. The highest BCUT2D eigenvalue weighted by Crippen LogP contribution is 2.26. The van der Waals surface area contributed by atoms with E-state index in [1.54, 1.807) is 12.1 Å². The number of hydrogen-bond acceptors (Lipinski definition) is 6. The zero-order chi connectivity index (χ0) is 16.1. The number of ether oxygens (including phenoxy) is 2. The highest BCUT2D eigenvalue weighted by molar-refractivity contribution is 6.29. The Morgan fingerprint density at radius 2 is 2.18 bits per heavy atom. The molecule has 120 valence electrons. The second-order valence-electron chi connectivity index (χ2n) is 4.79. The van der Waals surface area contributed by atoms with E-state index in [-0.39, 0.29) is 24.4 Å². The van der Waals surface area contributed by atoms with Gasteiger partial charge in [0.2, 0.25) is 5.91 Å². The number of methoxy groups -OCH3 is 1. The van der Waals surface area contributed by atoms with Crippen molar-refractivity contribution in [2.75, 3.05) is 36.8 Å². The number of nitrogens with one attached hydrogen (secondary N) is 2. The average Bonchev–Trinajstić information content (AvgIpc) is 2.93. The van der Waals surface area contributed by atoms with Gasteiger partial charge in [0.1, 0.15) is 5.88 Å². The fourth-order valence-corrected chi connectivity index (χ4v) is 2.15. The Labute approximate surface area is 132 Å². The van der Waals surface area contributed by atoms with Gasteiger partial charge in [0.25, 0.3) is 0 Å². The summed E-state index contributed by atoms with van der Waals surface area (Å²) in [5.41, 5.74) is 1.26. The number of hydrogen-bond donors (Lipinski definition) is 3. The van der Waals surface area contributed by atoms with Gasteiger partial charge in [-0.1, -0.05) is 0 Å². The number of amides is 1. The summed E-state index contributed by atoms with van der Waals surface area (Å²) in [4.78, 5) is 23.1. The van der Waals surface area contributed by atoms with Crippen molar-refractivity contribution in [3.8, 4) is 0 Å². The molecule has 2 atom stereocenters. The molecule has 0 aromatic heterocycles. The molecule has 1 saturated heterocycles. The van der Waals surface area contributed by atoms with Gasteiger partial charge in [-0.15, -0.1) is 11.6 Å². The van der Waals surface area contributed by atoms with Gasteiger partial charge < -0.3 is 25.2 Å². The van der Waals surface area contributed by atoms with Crippen molar-refractivity contribution in [1.29, 1.82) is 0 Å². The predicted octanol–water partition coefficient (Wildman–Crippen LogP) is 0.822. The van der Waals surface area contributed by atoms with Crippen LogP contribution in [0.4, 0.5) is 11.4 Å². The zero-order valence-electron chi connectivity index (χ0n) is 12.0. The van der Waals surface area contributed by atoms with E-state index in [0.29, 0.717) is 23.5 Å². The van der Waals surface area contributed by atoms with E-state index in [0.717, 1.165) is 0 Å². The summed E-state index contributed by atoms with van der Waals surface area (Å²) < 4.78 is 9.85. The molecule has 1 fully saturated rings. The number of aliphatic hydroxyl groups excluding tert-OH is 1. The van der Waals surface area contributed by atoms with E-state index in [1.807, 2.05) is 0 Å². The van der Waals surface area contributed by atoms with Gasteiger partial charge in [-0.2, -0.15) is 0 Å². The van der Waals surface area contributed by atoms with Gasteiger partial charge in [-0.25, -0.2) is 4.79 Å². The van der Waals surface area contributed by atoms with Crippen LogP contribution in [0.25, 0.3) is 0 Å². The first-order valence-corrected chi connectivity index (χ1v) is 7.19. The van der Waals surface area contributed by atoms with Crippen molar-refractivity contribution < 1.29 is 24.2 Å². The van der Waals surface area contributed by atoms with Crippen LogP contribution >= 0.6 is 11.6 Å². The van der Waals surface area contributed by atoms with Crippen molar-refractivity contribution in [3.63, 3.8) is 0 Å². The second-order valence-corrected chi connectivity index (χ2v) is 5.06. The number of benzene rings is 1. The van der Waals surface area contributed by atoms with Gasteiger partial charge in [0.05, 0.1) is 49.4 Å². The molecule has 1 heterocycles. The topological polar surface area (TPSA) is 96.9 Å². The number of esters is 1. The van der Waals surface area contributed by atoms with Gasteiger partial charge in [-0.05, 0) is 18.2 Å². The smallest absolute Gasteiger partial charge is 0.337 e. The number of carbonyl (C=O) groups is 2. The highest BCUT2D eigenvalue weighted by atomic mass is 35.5. The molecule has 2 rings (SSSR count). The standard InChI is InChI=1S/C14H17ClN2O5/c1-21-14(20)8-2-3-9(17-13(19)5-15)10(4-8)16-11-6-22-7-12(11)18/h2-4,11-12,16,18H,5-7H2,1H3,(H,17,19)/t11-,12+/m0/s1. The molecule has 3 N–H and O–H groups in total. The monoisotopic (exact) mass is 328 g/mol. The van der Waals surface area contributed by atoms with Crippen molar-refractivity contribution >= 4 is 34.9 Å². The lowest BCUT2D eigenvalue weighted by Crippen LogP contribution is -2.32. The van der Waals surface area contributed by atoms with E-state index < -0.39 is 12.1 Å². The number of anilines is 2. The summed E-state index contributed by atoms with van der Waals surface area (Å²) in [5.74, 6) is -1.06. The Morgan fingerprint density at radius 1 is 1.41 bits per heavy atom. The van der Waals surface area contributed by atoms with Crippen molar-refractivity contribution in [3.05, 3.63) is 23.8 Å². The van der Waals surface area contributed by atoms with E-state index in [1.165, 1.54) is 13.2 Å². The minimum Gasteiger partial charge on any atom is -0.465 e. The maximum Gasteiger partial charge on any atom is 0.337 e. The van der Waals surface area contributed by atoms with Gasteiger partial charge in [-0.3, -0.25) is 4.79 Å². The van der Waals surface area contributed by atoms with Crippen molar-refractivity contribution in [1.82, 2.24) is 0 Å². The van der Waals surface area contributed by atoms with Crippen LogP contribution in [0.3, 0.4) is 0 Å². The minimum atomic E-state index is -0.668. The largest absolute Gasteiger partial charge is 0.465 e. The third-order valence-electron chi connectivity index (χ3n) is 3.23. The van der Waals surface area contributed by atoms with E-state index >= 15 is 0 Å². The van der Waals surface area contributed by atoms with Gasteiger partial charge in [0, 0.05) is 0 Å². The van der Waals surface area contributed by atoms with E-state index in [4.69, 9.17) is 16.3 Å². The fourth-order valence-electron chi connectivity index (χ4n) is 2.08. The third kappa shape index (κ3) is 3.88. The van der Waals surface area contributed by atoms with Crippen molar-refractivity contribution in [2.45, 2.75) is 12.1 Å². The van der Waals surface area contributed by atoms with Crippen LogP contribution in [0.1, 0.15) is 10.4 Å². The average molecular weight is 329 g/mol. The SMILES string of the molecule is COC(=O)c1ccc(NC(=O)CCl)c(N[C@H]2COC[C@H]2O)c1. The highest BCUT2D eigenvalue weighted by Gasteiger charge is 2.27. The van der Waals surface area contributed by atoms with E-state index in [2.05, 4.69) is 15.4 Å². The molecule has 1 aromatic carbocycles. The molecule has 0 aliphatic carbocycles. The molecule has 22 heavy (non-hydrogen) atoms. The Balaban J connectivity index is 2.27. The molecule has 0 saturated carbocycles. The van der Waals surface area contributed by atoms with Crippen LogP contribution in [0.2, 0.25) is 0 Å². The Hall–Kier alpha value is -1.83. The molecule has 8 heteroatoms. The quantitative estimate of drug-likeness (QED) is 0.547. The maximum absolute atomic E-state index is 11.6. The van der Waals surface area contributed by atoms with Crippen LogP contribution in [-0.2, 0) is 14.3 Å². The minimum absolute atomic E-state index is 0.187. The molecule has 0 spiro atoms. The normalized spacial score (nSPS) is 20.5. The van der Waals surface area contributed by atoms with Crippen LogP contribution in [0.15, 0.2) is 18.2 Å². The Kier molecular flexibility index (Phi) is 5.59. The molecule has 1 aliphatic rings. The number of halogens is 1. The maximum atomic E-state index is 11.6. The molecule has 1 aromatic rings. The first-order valence-electron chi connectivity index (χ1n) is 6.65. The molecule has 1 aliphatic heterocycles. The predicted molar refractivity (Wildman–Crippen MR) is 81.4 cm³/mol. The van der Waals surface area contributed by atoms with Crippen LogP contribution < -0.4 is 10.6 Å². The summed E-state index contributed by atoms with van der Waals surface area (Å²) in [6, 6.07) is 4.31. The lowest BCUT2D eigenvalue weighted by atomic mass is 10.1. The molecule has 0 radical (unpaired) electrons. The Morgan fingerprint density at radius 3 is 2.77 bits per heavy atom. The molecule has 0 bridgehead atoms. The van der Waals surface area contributed by atoms with E-state index in [9.17, 15) is 14.7 Å². The number of alkyl halides is 1. The first kappa shape index (κ1) is 16.5. The van der Waals surface area contributed by atoms with Crippen LogP contribution in [-0.4, -0.2) is 55.3 Å². The summed E-state index contributed by atoms with van der Waals surface area (Å²) in [6.07, 6.45) is -0.668. The van der Waals surface area contributed by atoms with Crippen LogP contribution in [0.5, 0.6) is 0 Å². The lowest BCUT2D eigenvalue weighted by Gasteiger charge is -2.19. The Bertz CT molecular complexity index is 566. The van der Waals surface area contributed by atoms with Gasteiger partial charge in [0.15, 0.2) is 0 Å². The van der Waals surface area contributed by atoms with Crippen LogP contribution in [0, 0.1) is 0 Å². The number of aliphatic hydroxyl groups is 1. The summed E-state index contributed by atoms with van der Waals surface area (Å²) in [5, 5.41) is 15.5. The summed E-state index contributed by atoms with van der Waals surface area (Å²) in [7, 11) is 1.28. The molecular weight excluding hydrogens is 312 g/mol. The fraction of sp³-hybridized carbons (Fsp3) is 0.429. The van der Waals surface area contributed by atoms with Gasteiger partial charge >= 0.3 is 5.97 Å². The number of rotatable bonds is 5. The molecule has 1 amide bonds. The first-order chi connectivity index (χ1) is 10.5.